The van der Waals surface area contributed by atoms with Crippen LogP contribution in [0.5, 0.6) is 0 Å². The molecule has 0 aliphatic carbocycles. The summed E-state index contributed by atoms with van der Waals surface area (Å²) in [5.74, 6) is -0.290. The number of nitrogen functional groups attached to an aromatic ring is 1. The van der Waals surface area contributed by atoms with Crippen molar-refractivity contribution in [2.75, 3.05) is 32.0 Å². The van der Waals surface area contributed by atoms with Crippen LogP contribution in [0.4, 0.5) is 5.82 Å². The van der Waals surface area contributed by atoms with Crippen LogP contribution < -0.4 is 11.2 Å². The van der Waals surface area contributed by atoms with Gasteiger partial charge in [0.2, 0.25) is 11.6 Å². The number of hydrazone groups is 1. The molecule has 1 aliphatic rings. The summed E-state index contributed by atoms with van der Waals surface area (Å²) in [5.41, 5.74) is 9.90. The van der Waals surface area contributed by atoms with Crippen LogP contribution in [0.3, 0.4) is 0 Å². The summed E-state index contributed by atoms with van der Waals surface area (Å²) in [5, 5.41) is 19.3. The van der Waals surface area contributed by atoms with Crippen molar-refractivity contribution >= 4 is 24.0 Å². The minimum absolute atomic E-state index is 0.0455. The van der Waals surface area contributed by atoms with Gasteiger partial charge < -0.3 is 10.5 Å². The Hall–Kier alpha value is -3.90. The highest BCUT2D eigenvalue weighted by Crippen LogP contribution is 2.18. The zero-order valence-electron chi connectivity index (χ0n) is 16.6. The summed E-state index contributed by atoms with van der Waals surface area (Å²) in [6.45, 7) is 3.02. The van der Waals surface area contributed by atoms with Gasteiger partial charge in [0.05, 0.1) is 18.9 Å². The highest BCUT2D eigenvalue weighted by atomic mass is 16.6. The van der Waals surface area contributed by atoms with Crippen LogP contribution in [0.15, 0.2) is 46.1 Å². The summed E-state index contributed by atoms with van der Waals surface area (Å²) in [7, 11) is 0. The van der Waals surface area contributed by atoms with Gasteiger partial charge in [-0.05, 0) is 22.0 Å². The lowest BCUT2D eigenvalue weighted by Crippen LogP contribution is -2.37. The fourth-order valence-corrected chi connectivity index (χ4v) is 3.01. The first-order valence-electron chi connectivity index (χ1n) is 9.60. The van der Waals surface area contributed by atoms with Gasteiger partial charge in [0.25, 0.3) is 5.91 Å². The second-order valence-electron chi connectivity index (χ2n) is 6.65. The Labute approximate surface area is 177 Å². The van der Waals surface area contributed by atoms with Gasteiger partial charge in [0, 0.05) is 25.8 Å². The maximum atomic E-state index is 12.7. The Bertz CT molecular complexity index is 1070. The molecule has 1 aromatic carbocycles. The summed E-state index contributed by atoms with van der Waals surface area (Å²) >= 11 is 0. The van der Waals surface area contributed by atoms with Crippen LogP contribution >= 0.6 is 0 Å². The molecule has 1 aliphatic heterocycles. The third-order valence-electron chi connectivity index (χ3n) is 4.57. The Morgan fingerprint density at radius 3 is 2.77 bits per heavy atom. The Morgan fingerprint density at radius 1 is 1.23 bits per heavy atom. The molecule has 0 saturated carbocycles. The van der Waals surface area contributed by atoms with E-state index in [1.165, 1.54) is 10.9 Å². The lowest BCUT2D eigenvalue weighted by atomic mass is 10.2. The van der Waals surface area contributed by atoms with Crippen molar-refractivity contribution in [1.29, 1.82) is 0 Å². The molecule has 0 spiro atoms. The smallest absolute Gasteiger partial charge is 0.293 e. The monoisotopic (exact) mass is 423 g/mol. The number of anilines is 1. The molecule has 0 bridgehead atoms. The normalized spacial score (nSPS) is 15.1. The zero-order valence-corrected chi connectivity index (χ0v) is 16.6. The first kappa shape index (κ1) is 20.4. The number of carbonyl (C=O) groups is 1. The number of hydrogen-bond donors (Lipinski definition) is 2. The number of nitrogens with one attached hydrogen (secondary N) is 1. The second kappa shape index (κ2) is 9.73. The quantitative estimate of drug-likeness (QED) is 0.409. The maximum Gasteiger partial charge on any atom is 0.293 e. The number of carbonyl (C=O) groups excluding carboxylic acids is 1. The number of morpholine rings is 1. The van der Waals surface area contributed by atoms with Gasteiger partial charge in [0.15, 0.2) is 5.69 Å². The standard InChI is InChI=1S/C19H21N9O3/c20-17-18(25-31-24-17)28-15(13-27-9-11-30-12-10-27)16(22-26-28)19(29)23-21-8-4-7-14-5-2-1-3-6-14/h1-8H,9-13H2,(H2,20,24)(H,23,29)/b7-4+,21-8+. The Morgan fingerprint density at radius 2 is 2.03 bits per heavy atom. The third-order valence-corrected chi connectivity index (χ3v) is 4.57. The van der Waals surface area contributed by atoms with Crippen LogP contribution in [-0.4, -0.2) is 68.6 Å². The van der Waals surface area contributed by atoms with Gasteiger partial charge in [-0.2, -0.15) is 9.78 Å². The van der Waals surface area contributed by atoms with Crippen LogP contribution in [0.2, 0.25) is 0 Å². The predicted molar refractivity (Wildman–Crippen MR) is 111 cm³/mol. The molecule has 0 radical (unpaired) electrons. The molecule has 0 unspecified atom stereocenters. The molecule has 2 aromatic heterocycles. The number of allylic oxidation sites excluding steroid dienone is 1. The van der Waals surface area contributed by atoms with Crippen LogP contribution in [0, 0.1) is 0 Å². The molecule has 1 amide bonds. The molecule has 3 aromatic rings. The van der Waals surface area contributed by atoms with Crippen LogP contribution in [0.1, 0.15) is 21.7 Å². The van der Waals surface area contributed by atoms with Gasteiger partial charge in [-0.1, -0.05) is 41.6 Å². The number of amides is 1. The van der Waals surface area contributed by atoms with E-state index < -0.39 is 5.91 Å². The number of hydrogen-bond acceptors (Lipinski definition) is 10. The average molecular weight is 423 g/mol. The Kier molecular flexibility index (Phi) is 6.40. The SMILES string of the molecule is Nc1nonc1-n1nnc(C(=O)N/N=C/C=C/c2ccccc2)c1CN1CCOCC1. The number of nitrogens with zero attached hydrogens (tertiary/aromatic N) is 7. The minimum Gasteiger partial charge on any atom is -0.379 e. The van der Waals surface area contributed by atoms with E-state index in [-0.39, 0.29) is 17.3 Å². The van der Waals surface area contributed by atoms with E-state index in [0.717, 1.165) is 5.56 Å². The molecular formula is C19H21N9O3. The van der Waals surface area contributed by atoms with Crippen molar-refractivity contribution in [2.24, 2.45) is 5.10 Å². The average Bonchev–Trinajstić information content (AvgIpc) is 3.40. The lowest BCUT2D eigenvalue weighted by molar-refractivity contribution is 0.0332. The van der Waals surface area contributed by atoms with Crippen LogP contribution in [0.25, 0.3) is 11.9 Å². The van der Waals surface area contributed by atoms with Crippen molar-refractivity contribution in [3.63, 3.8) is 0 Å². The van der Waals surface area contributed by atoms with Gasteiger partial charge >= 0.3 is 0 Å². The second-order valence-corrected chi connectivity index (χ2v) is 6.65. The third kappa shape index (κ3) is 4.99. The van der Waals surface area contributed by atoms with E-state index in [1.807, 2.05) is 36.4 Å². The number of rotatable bonds is 7. The van der Waals surface area contributed by atoms with Gasteiger partial charge in [-0.3, -0.25) is 9.69 Å². The summed E-state index contributed by atoms with van der Waals surface area (Å²) in [6.07, 6.45) is 5.08. The van der Waals surface area contributed by atoms with E-state index in [0.29, 0.717) is 38.5 Å². The number of nitrogens with two attached hydrogens (primary N) is 1. The topological polar surface area (TPSA) is 150 Å². The molecule has 12 heteroatoms. The van der Waals surface area contributed by atoms with Crippen LogP contribution in [-0.2, 0) is 11.3 Å². The number of aromatic nitrogens is 5. The molecule has 12 nitrogen and oxygen atoms in total. The first-order chi connectivity index (χ1) is 15.2. The molecular weight excluding hydrogens is 402 g/mol. The predicted octanol–water partition coefficient (Wildman–Crippen LogP) is 0.494. The van der Waals surface area contributed by atoms with E-state index in [1.54, 1.807) is 6.08 Å². The fraction of sp³-hybridized carbons (Fsp3) is 0.263. The van der Waals surface area contributed by atoms with Crippen molar-refractivity contribution < 1.29 is 14.2 Å². The highest BCUT2D eigenvalue weighted by molar-refractivity contribution is 5.94. The number of benzene rings is 1. The van der Waals surface area contributed by atoms with Crippen molar-refractivity contribution in [1.82, 2.24) is 35.6 Å². The van der Waals surface area contributed by atoms with E-state index in [9.17, 15) is 4.79 Å². The summed E-state index contributed by atoms with van der Waals surface area (Å²) < 4.78 is 11.4. The lowest BCUT2D eigenvalue weighted by Gasteiger charge is -2.26. The molecule has 31 heavy (non-hydrogen) atoms. The van der Waals surface area contributed by atoms with Gasteiger partial charge in [-0.25, -0.2) is 10.1 Å². The minimum atomic E-state index is -0.506. The van der Waals surface area contributed by atoms with E-state index in [2.05, 4.69) is 40.7 Å². The van der Waals surface area contributed by atoms with E-state index >= 15 is 0 Å². The van der Waals surface area contributed by atoms with Crippen molar-refractivity contribution in [2.45, 2.75) is 6.54 Å². The molecule has 0 atom stereocenters. The Balaban J connectivity index is 1.50. The fourth-order valence-electron chi connectivity index (χ4n) is 3.01. The largest absolute Gasteiger partial charge is 0.379 e. The van der Waals surface area contributed by atoms with Gasteiger partial charge in [0.1, 0.15) is 0 Å². The molecule has 3 heterocycles. The maximum absolute atomic E-state index is 12.7. The van der Waals surface area contributed by atoms with Crippen molar-refractivity contribution in [3.8, 4) is 5.82 Å². The number of ether oxygens (including phenoxy) is 1. The summed E-state index contributed by atoms with van der Waals surface area (Å²) in [6, 6.07) is 9.74. The highest BCUT2D eigenvalue weighted by Gasteiger charge is 2.26. The molecule has 4 rings (SSSR count). The van der Waals surface area contributed by atoms with Gasteiger partial charge in [-0.15, -0.1) is 5.10 Å². The molecule has 1 saturated heterocycles. The molecule has 160 valence electrons. The van der Waals surface area contributed by atoms with E-state index in [4.69, 9.17) is 10.5 Å². The summed E-state index contributed by atoms with van der Waals surface area (Å²) in [4.78, 5) is 14.8. The first-order valence-corrected chi connectivity index (χ1v) is 9.60. The zero-order chi connectivity index (χ0) is 21.5. The molecule has 1 fully saturated rings. The molecule has 3 N–H and O–H groups in total. The van der Waals surface area contributed by atoms with Crippen molar-refractivity contribution in [3.05, 3.63) is 53.4 Å².